The maximum absolute atomic E-state index is 16.5. The number of fused-ring (bicyclic) bond motifs is 2. The Kier molecular flexibility index (Phi) is 14.4. The Morgan fingerprint density at radius 2 is 1.68 bits per heavy atom. The second kappa shape index (κ2) is 20.8. The molecule has 4 aliphatic heterocycles. The molecule has 5 aromatic rings. The monoisotopic (exact) mass is 1040 g/mol. The molecule has 3 atom stereocenters. The molecule has 1 aromatic heterocycles. The molecule has 5 N–H and O–H groups in total. The normalized spacial score (nSPS) is 23.6. The number of likely N-dealkylation sites (tertiary alicyclic amines) is 2. The van der Waals surface area contributed by atoms with Gasteiger partial charge in [0.1, 0.15) is 29.5 Å². The number of nitrogens with two attached hydrogens (primary N) is 1. The number of aliphatic hydroxyl groups excluding tert-OH is 1. The number of nitrogens with one attached hydrogen (secondary N) is 2. The van der Waals surface area contributed by atoms with Gasteiger partial charge in [-0.25, -0.2) is 22.4 Å². The molecule has 5 amide bonds. The van der Waals surface area contributed by atoms with Gasteiger partial charge < -0.3 is 35.4 Å². The number of ether oxygens (including phenoxy) is 2. The van der Waals surface area contributed by atoms with E-state index in [9.17, 15) is 24.3 Å². The van der Waals surface area contributed by atoms with Crippen molar-refractivity contribution >= 4 is 52.1 Å². The van der Waals surface area contributed by atoms with E-state index in [0.717, 1.165) is 18.4 Å². The van der Waals surface area contributed by atoms with E-state index >= 15 is 17.6 Å². The number of hydrogen-bond donors (Lipinski definition) is 4. The summed E-state index contributed by atoms with van der Waals surface area (Å²) in [6.45, 7) is 4.11. The zero-order valence-electron chi connectivity index (χ0n) is 41.2. The predicted molar refractivity (Wildman–Crippen MR) is 268 cm³/mol. The molecule has 0 unspecified atom stereocenters. The van der Waals surface area contributed by atoms with Crippen LogP contribution in [-0.2, 0) is 22.2 Å². The average Bonchev–Trinajstić information content (AvgIpc) is 4.07. The van der Waals surface area contributed by atoms with Gasteiger partial charge in [0.25, 0.3) is 0 Å². The molecule has 0 radical (unpaired) electrons. The summed E-state index contributed by atoms with van der Waals surface area (Å²) in [5.41, 5.74) is 5.22. The number of anilines is 1. The van der Waals surface area contributed by atoms with Crippen LogP contribution in [0.3, 0.4) is 0 Å². The van der Waals surface area contributed by atoms with Crippen LogP contribution in [0.4, 0.5) is 28.2 Å². The number of carbonyl (C=O) groups excluding carboxylic acids is 4. The number of aromatic nitrogens is 2. The molecule has 4 fully saturated rings. The Hall–Kier alpha value is -6.28. The summed E-state index contributed by atoms with van der Waals surface area (Å²) >= 11 is 6.72. The van der Waals surface area contributed by atoms with Crippen LogP contribution in [0.25, 0.3) is 22.0 Å². The van der Waals surface area contributed by atoms with Crippen LogP contribution < -0.4 is 30.7 Å². The van der Waals surface area contributed by atoms with Crippen molar-refractivity contribution in [3.63, 3.8) is 0 Å². The first-order valence-electron chi connectivity index (χ1n) is 25.4. The molecular formula is C54H59ClF4N8O7. The number of amides is 5. The van der Waals surface area contributed by atoms with Gasteiger partial charge in [-0.1, -0.05) is 48.9 Å². The Morgan fingerprint density at radius 1 is 0.932 bits per heavy atom. The fraction of sp³-hybridized carbons (Fsp3) is 0.463. The summed E-state index contributed by atoms with van der Waals surface area (Å²) in [6, 6.07) is 13.7. The number of rotatable bonds is 14. The Balaban J connectivity index is 0.786. The third-order valence-electron chi connectivity index (χ3n) is 16.1. The standard InChI is InChI=1S/C54H59ClF4N8O7/c1-29-42-40(26-38(57)46(55)45(42)44-35(50(60)70)14-15-39(47(44)58)73-24-23-68)74-54(29,32-7-4-3-5-8-32)28-61-33-12-10-31(11-13-33)52(71)66-19-6-9-34(66)27-65-20-16-30(17-21-65)43-37(56)25-36-49(48(43)59)64(2)63-51(36)67-22-18-41(69)62-53(67)72/h3-5,7-8,14-15,25-26,29-31,33-34,61,68H,6,9-13,16-24,27-28H2,1-2H3,(H2,60,70)(H,62,69,72)/t29-,31?,33?,34-,54-/m0/s1. The van der Waals surface area contributed by atoms with Crippen molar-refractivity contribution < 1.29 is 51.3 Å². The number of aryl methyl sites for hydroxylation is 1. The largest absolute Gasteiger partial charge is 0.488 e. The quantitative estimate of drug-likeness (QED) is 0.0802. The van der Waals surface area contributed by atoms with E-state index in [1.807, 2.05) is 42.2 Å². The van der Waals surface area contributed by atoms with Gasteiger partial charge in [-0.15, -0.1) is 0 Å². The topological polar surface area (TPSA) is 185 Å². The summed E-state index contributed by atoms with van der Waals surface area (Å²) in [5, 5.41) is 19.4. The third kappa shape index (κ3) is 9.23. The number of hydrogen-bond acceptors (Lipinski definition) is 10. The first-order chi connectivity index (χ1) is 35.6. The van der Waals surface area contributed by atoms with E-state index in [-0.39, 0.29) is 106 Å². The summed E-state index contributed by atoms with van der Waals surface area (Å²) in [4.78, 5) is 57.0. The molecule has 1 aliphatic carbocycles. The van der Waals surface area contributed by atoms with E-state index in [1.165, 1.54) is 33.8 Å². The summed E-state index contributed by atoms with van der Waals surface area (Å²) in [7, 11) is 1.55. The number of carbonyl (C=O) groups is 4. The fourth-order valence-electron chi connectivity index (χ4n) is 12.3. The van der Waals surface area contributed by atoms with Gasteiger partial charge >= 0.3 is 6.03 Å². The minimum absolute atomic E-state index is 0.00677. The van der Waals surface area contributed by atoms with Crippen molar-refractivity contribution in [1.29, 1.82) is 0 Å². The van der Waals surface area contributed by atoms with Crippen LogP contribution in [0, 0.1) is 29.2 Å². The average molecular weight is 1040 g/mol. The first kappa shape index (κ1) is 51.2. The minimum atomic E-state index is -1.15. The second-order valence-corrected chi connectivity index (χ2v) is 20.7. The molecule has 0 spiro atoms. The van der Waals surface area contributed by atoms with Gasteiger partial charge in [0.15, 0.2) is 28.8 Å². The van der Waals surface area contributed by atoms with E-state index in [0.29, 0.717) is 70.3 Å². The number of nitrogens with zero attached hydrogens (tertiary/aromatic N) is 5. The Morgan fingerprint density at radius 3 is 2.38 bits per heavy atom. The van der Waals surface area contributed by atoms with Crippen LogP contribution in [-0.4, -0.2) is 113 Å². The van der Waals surface area contributed by atoms with Crippen molar-refractivity contribution in [2.24, 2.45) is 18.7 Å². The smallest absolute Gasteiger partial charge is 0.329 e. The van der Waals surface area contributed by atoms with E-state index in [1.54, 1.807) is 7.05 Å². The minimum Gasteiger partial charge on any atom is -0.488 e. The van der Waals surface area contributed by atoms with Crippen LogP contribution in [0.15, 0.2) is 54.6 Å². The lowest BCUT2D eigenvalue weighted by atomic mass is 9.77. The molecule has 392 valence electrons. The lowest BCUT2D eigenvalue weighted by Gasteiger charge is -2.39. The lowest BCUT2D eigenvalue weighted by molar-refractivity contribution is -0.138. The number of benzene rings is 4. The maximum Gasteiger partial charge on any atom is 0.329 e. The summed E-state index contributed by atoms with van der Waals surface area (Å²) in [5.74, 6) is -5.70. The lowest BCUT2D eigenvalue weighted by Crippen LogP contribution is -2.50. The van der Waals surface area contributed by atoms with Gasteiger partial charge in [0.05, 0.1) is 22.6 Å². The molecule has 10 rings (SSSR count). The molecule has 0 bridgehead atoms. The molecule has 1 saturated carbocycles. The molecule has 5 aliphatic rings. The number of halogens is 5. The van der Waals surface area contributed by atoms with Crippen LogP contribution in [0.1, 0.15) is 104 Å². The van der Waals surface area contributed by atoms with Crippen molar-refractivity contribution in [2.45, 2.75) is 94.2 Å². The number of primary amides is 1. The van der Waals surface area contributed by atoms with Crippen molar-refractivity contribution in [3.8, 4) is 22.6 Å². The molecule has 20 heteroatoms. The summed E-state index contributed by atoms with van der Waals surface area (Å²) in [6.07, 6.45) is 5.61. The highest BCUT2D eigenvalue weighted by molar-refractivity contribution is 6.34. The molecule has 15 nitrogen and oxygen atoms in total. The highest BCUT2D eigenvalue weighted by atomic mass is 35.5. The van der Waals surface area contributed by atoms with E-state index in [2.05, 4.69) is 20.6 Å². The van der Waals surface area contributed by atoms with Gasteiger partial charge in [-0.05, 0) is 94.1 Å². The molecule has 5 heterocycles. The second-order valence-electron chi connectivity index (χ2n) is 20.3. The van der Waals surface area contributed by atoms with Gasteiger partial charge in [0, 0.05) is 91.9 Å². The Labute approximate surface area is 430 Å². The van der Waals surface area contributed by atoms with Gasteiger partial charge in [-0.2, -0.15) is 5.10 Å². The van der Waals surface area contributed by atoms with Crippen molar-refractivity contribution in [1.82, 2.24) is 30.2 Å². The molecule has 4 aromatic carbocycles. The molecular weight excluding hydrogens is 984 g/mol. The zero-order chi connectivity index (χ0) is 52.2. The SMILES string of the molecule is C[C@H]1c2c(cc(F)c(Cl)c2-c2c(C(N)=O)ccc(OCCO)c2F)O[C@]1(CNC1CCC(C(=O)N2CCC[C@H]2CN2CCC(c3c(F)cc4c(N5CCC(=O)NC5=O)nn(C)c4c3F)CC2)CC1)c1ccccc1. The van der Waals surface area contributed by atoms with E-state index < -0.39 is 64.3 Å². The number of aliphatic hydroxyl groups is 1. The van der Waals surface area contributed by atoms with Crippen LogP contribution in [0.2, 0.25) is 5.02 Å². The molecule has 3 saturated heterocycles. The van der Waals surface area contributed by atoms with E-state index in [4.69, 9.17) is 26.8 Å². The zero-order valence-corrected chi connectivity index (χ0v) is 42.0. The maximum atomic E-state index is 16.5. The highest BCUT2D eigenvalue weighted by Crippen LogP contribution is 2.57. The number of imide groups is 1. The third-order valence-corrected chi connectivity index (χ3v) is 16.5. The summed E-state index contributed by atoms with van der Waals surface area (Å²) < 4.78 is 78.2. The Bertz CT molecular complexity index is 3020. The molecule has 74 heavy (non-hydrogen) atoms. The first-order valence-corrected chi connectivity index (χ1v) is 25.8. The fourth-order valence-corrected chi connectivity index (χ4v) is 12.5. The predicted octanol–water partition coefficient (Wildman–Crippen LogP) is 7.78. The van der Waals surface area contributed by atoms with Crippen molar-refractivity contribution in [2.75, 3.05) is 57.4 Å². The van der Waals surface area contributed by atoms with Crippen LogP contribution >= 0.6 is 11.6 Å². The number of urea groups is 1. The van der Waals surface area contributed by atoms with Gasteiger partial charge in [0.2, 0.25) is 17.7 Å². The highest BCUT2D eigenvalue weighted by Gasteiger charge is 2.50. The van der Waals surface area contributed by atoms with Crippen LogP contribution in [0.5, 0.6) is 11.5 Å². The van der Waals surface area contributed by atoms with Gasteiger partial charge in [-0.3, -0.25) is 29.3 Å². The van der Waals surface area contributed by atoms with Crippen molar-refractivity contribution in [3.05, 3.63) is 105 Å². The number of piperidine rings is 1.